The highest BCUT2D eigenvalue weighted by Crippen LogP contribution is 2.27. The van der Waals surface area contributed by atoms with Gasteiger partial charge < -0.3 is 14.8 Å². The number of methoxy groups -OCH3 is 2. The molecule has 2 atom stereocenters. The van der Waals surface area contributed by atoms with Gasteiger partial charge in [0.1, 0.15) is 0 Å². The van der Waals surface area contributed by atoms with E-state index >= 15 is 0 Å². The Morgan fingerprint density at radius 2 is 1.89 bits per heavy atom. The van der Waals surface area contributed by atoms with E-state index in [9.17, 15) is 4.39 Å². The molecule has 0 aliphatic heterocycles. The monoisotopic (exact) mass is 255 g/mol. The summed E-state index contributed by atoms with van der Waals surface area (Å²) in [6.45, 7) is 4.16. The van der Waals surface area contributed by atoms with Crippen molar-refractivity contribution >= 4 is 0 Å². The highest BCUT2D eigenvalue weighted by molar-refractivity contribution is 5.31. The summed E-state index contributed by atoms with van der Waals surface area (Å²) in [6, 6.07) is 4.95. The maximum Gasteiger partial charge on any atom is 0.165 e. The fraction of sp³-hybridized carbons (Fsp3) is 0.571. The normalized spacial score (nSPS) is 14.6. The van der Waals surface area contributed by atoms with E-state index in [4.69, 9.17) is 9.47 Å². The topological polar surface area (TPSA) is 30.5 Å². The molecular formula is C14H22FNO2. The van der Waals surface area contributed by atoms with Crippen LogP contribution in [0.15, 0.2) is 18.2 Å². The maximum atomic E-state index is 13.7. The van der Waals surface area contributed by atoms with E-state index in [0.717, 1.165) is 5.56 Å². The molecule has 0 aromatic heterocycles. The highest BCUT2D eigenvalue weighted by atomic mass is 19.1. The molecule has 0 amide bonds. The SMILES string of the molecule is CNC(c1ccc(OC)c(F)c1)C(OC)C(C)C. The van der Waals surface area contributed by atoms with E-state index in [-0.39, 0.29) is 23.7 Å². The van der Waals surface area contributed by atoms with Gasteiger partial charge in [-0.15, -0.1) is 0 Å². The Hall–Kier alpha value is -1.13. The summed E-state index contributed by atoms with van der Waals surface area (Å²) in [4.78, 5) is 0. The van der Waals surface area contributed by atoms with Gasteiger partial charge >= 0.3 is 0 Å². The lowest BCUT2D eigenvalue weighted by molar-refractivity contribution is 0.0347. The molecular weight excluding hydrogens is 233 g/mol. The molecule has 3 nitrogen and oxygen atoms in total. The molecule has 1 N–H and O–H groups in total. The summed E-state index contributed by atoms with van der Waals surface area (Å²) in [7, 11) is 4.98. The second kappa shape index (κ2) is 6.71. The van der Waals surface area contributed by atoms with Crippen molar-refractivity contribution < 1.29 is 13.9 Å². The van der Waals surface area contributed by atoms with Crippen LogP contribution in [0.1, 0.15) is 25.5 Å². The van der Waals surface area contributed by atoms with E-state index in [1.54, 1.807) is 13.2 Å². The quantitative estimate of drug-likeness (QED) is 0.848. The number of nitrogens with one attached hydrogen (secondary N) is 1. The molecule has 0 radical (unpaired) electrons. The maximum absolute atomic E-state index is 13.7. The van der Waals surface area contributed by atoms with Gasteiger partial charge in [-0.3, -0.25) is 0 Å². The zero-order valence-corrected chi connectivity index (χ0v) is 11.7. The molecule has 1 aromatic carbocycles. The van der Waals surface area contributed by atoms with E-state index in [2.05, 4.69) is 19.2 Å². The first-order chi connectivity index (χ1) is 8.54. The van der Waals surface area contributed by atoms with Gasteiger partial charge in [0.05, 0.1) is 19.3 Å². The third kappa shape index (κ3) is 3.21. The molecule has 0 heterocycles. The minimum atomic E-state index is -0.353. The Morgan fingerprint density at radius 3 is 2.28 bits per heavy atom. The van der Waals surface area contributed by atoms with Crippen LogP contribution in [0.2, 0.25) is 0 Å². The third-order valence-electron chi connectivity index (χ3n) is 3.10. The van der Waals surface area contributed by atoms with Crippen LogP contribution < -0.4 is 10.1 Å². The Kier molecular flexibility index (Phi) is 5.56. The first kappa shape index (κ1) is 14.9. The number of hydrogen-bond donors (Lipinski definition) is 1. The van der Waals surface area contributed by atoms with E-state index in [0.29, 0.717) is 5.92 Å². The summed E-state index contributed by atoms with van der Waals surface area (Å²) < 4.78 is 24.1. The number of benzene rings is 1. The van der Waals surface area contributed by atoms with E-state index in [1.807, 2.05) is 13.1 Å². The van der Waals surface area contributed by atoms with Crippen LogP contribution in [0.3, 0.4) is 0 Å². The standard InChI is InChI=1S/C14H22FNO2/c1-9(2)14(18-5)13(16-3)10-6-7-12(17-4)11(15)8-10/h6-9,13-14,16H,1-5H3. The molecule has 0 saturated carbocycles. The summed E-state index contributed by atoms with van der Waals surface area (Å²) in [6.07, 6.45) is -0.0113. The molecule has 0 fully saturated rings. The molecule has 0 aliphatic carbocycles. The van der Waals surface area contributed by atoms with Gasteiger partial charge in [0, 0.05) is 7.11 Å². The number of hydrogen-bond acceptors (Lipinski definition) is 3. The zero-order valence-electron chi connectivity index (χ0n) is 11.7. The summed E-state index contributed by atoms with van der Waals surface area (Å²) in [5, 5.41) is 3.18. The number of halogens is 1. The number of ether oxygens (including phenoxy) is 2. The average Bonchev–Trinajstić information content (AvgIpc) is 2.35. The first-order valence-electron chi connectivity index (χ1n) is 6.08. The van der Waals surface area contributed by atoms with Crippen molar-refractivity contribution in [1.29, 1.82) is 0 Å². The lowest BCUT2D eigenvalue weighted by atomic mass is 9.93. The summed E-state index contributed by atoms with van der Waals surface area (Å²) in [5.41, 5.74) is 0.858. The number of likely N-dealkylation sites (N-methyl/N-ethyl adjacent to an activating group) is 1. The third-order valence-corrected chi connectivity index (χ3v) is 3.10. The van der Waals surface area contributed by atoms with Gasteiger partial charge in [-0.05, 0) is 30.7 Å². The predicted molar refractivity (Wildman–Crippen MR) is 70.4 cm³/mol. The smallest absolute Gasteiger partial charge is 0.165 e. The van der Waals surface area contributed by atoms with Crippen LogP contribution >= 0.6 is 0 Å². The minimum absolute atomic E-state index is 0.0113. The second-order valence-electron chi connectivity index (χ2n) is 4.60. The lowest BCUT2D eigenvalue weighted by Crippen LogP contribution is -2.34. The number of rotatable bonds is 6. The zero-order chi connectivity index (χ0) is 13.7. The second-order valence-corrected chi connectivity index (χ2v) is 4.60. The Bertz CT molecular complexity index is 382. The molecule has 0 aliphatic rings. The van der Waals surface area contributed by atoms with Crippen LogP contribution in [0.4, 0.5) is 4.39 Å². The summed E-state index contributed by atoms with van der Waals surface area (Å²) >= 11 is 0. The van der Waals surface area contributed by atoms with Gasteiger partial charge in [-0.1, -0.05) is 19.9 Å². The van der Waals surface area contributed by atoms with Crippen LogP contribution in [0.25, 0.3) is 0 Å². The molecule has 102 valence electrons. The Morgan fingerprint density at radius 1 is 1.22 bits per heavy atom. The van der Waals surface area contributed by atoms with Gasteiger partial charge in [0.2, 0.25) is 0 Å². The van der Waals surface area contributed by atoms with Gasteiger partial charge in [-0.2, -0.15) is 0 Å². The van der Waals surface area contributed by atoms with E-state index < -0.39 is 0 Å². The van der Waals surface area contributed by atoms with Crippen molar-refractivity contribution in [2.24, 2.45) is 5.92 Å². The van der Waals surface area contributed by atoms with Crippen molar-refractivity contribution in [3.05, 3.63) is 29.6 Å². The van der Waals surface area contributed by atoms with Crippen LogP contribution in [0.5, 0.6) is 5.75 Å². The first-order valence-corrected chi connectivity index (χ1v) is 6.08. The van der Waals surface area contributed by atoms with Crippen LogP contribution in [-0.4, -0.2) is 27.4 Å². The lowest BCUT2D eigenvalue weighted by Gasteiger charge is -2.29. The predicted octanol–water partition coefficient (Wildman–Crippen LogP) is 2.77. The average molecular weight is 255 g/mol. The largest absolute Gasteiger partial charge is 0.494 e. The molecule has 1 rings (SSSR count). The Balaban J connectivity index is 3.05. The molecule has 18 heavy (non-hydrogen) atoms. The molecule has 4 heteroatoms. The van der Waals surface area contributed by atoms with Crippen molar-refractivity contribution in [2.75, 3.05) is 21.3 Å². The molecule has 0 spiro atoms. The van der Waals surface area contributed by atoms with Gasteiger partial charge in [-0.25, -0.2) is 4.39 Å². The van der Waals surface area contributed by atoms with Gasteiger partial charge in [0.15, 0.2) is 11.6 Å². The fourth-order valence-corrected chi connectivity index (χ4v) is 2.19. The highest BCUT2D eigenvalue weighted by Gasteiger charge is 2.25. The van der Waals surface area contributed by atoms with Crippen LogP contribution in [0, 0.1) is 11.7 Å². The molecule has 0 saturated heterocycles. The van der Waals surface area contributed by atoms with Crippen molar-refractivity contribution in [1.82, 2.24) is 5.32 Å². The van der Waals surface area contributed by atoms with Crippen molar-refractivity contribution in [3.63, 3.8) is 0 Å². The molecule has 2 unspecified atom stereocenters. The fourth-order valence-electron chi connectivity index (χ4n) is 2.19. The van der Waals surface area contributed by atoms with Crippen LogP contribution in [-0.2, 0) is 4.74 Å². The Labute approximate surface area is 108 Å². The summed E-state index contributed by atoms with van der Waals surface area (Å²) in [5.74, 6) is 0.235. The molecule has 0 bridgehead atoms. The van der Waals surface area contributed by atoms with E-state index in [1.165, 1.54) is 13.2 Å². The van der Waals surface area contributed by atoms with Crippen molar-refractivity contribution in [2.45, 2.75) is 26.0 Å². The minimum Gasteiger partial charge on any atom is -0.494 e. The molecule has 1 aromatic rings. The van der Waals surface area contributed by atoms with Crippen molar-refractivity contribution in [3.8, 4) is 5.75 Å². The van der Waals surface area contributed by atoms with Gasteiger partial charge in [0.25, 0.3) is 0 Å².